The second-order valence-electron chi connectivity index (χ2n) is 6.82. The minimum absolute atomic E-state index is 0.162. The van der Waals surface area contributed by atoms with E-state index in [2.05, 4.69) is 52.7 Å². The Morgan fingerprint density at radius 2 is 1.24 bits per heavy atom. The maximum Gasteiger partial charge on any atom is 0.153 e. The lowest BCUT2D eigenvalue weighted by Gasteiger charge is -1.98. The number of unbranched alkanes of at least 4 members (excludes halogenated alkanes) is 1. The van der Waals surface area contributed by atoms with Crippen LogP contribution in [0.2, 0.25) is 0 Å². The average molecular weight is 456 g/mol. The first-order chi connectivity index (χ1) is 16.0. The Balaban J connectivity index is 1.74. The summed E-state index contributed by atoms with van der Waals surface area (Å²) < 4.78 is 42.0. The summed E-state index contributed by atoms with van der Waals surface area (Å²) in [6.07, 6.45) is 1.73. The van der Waals surface area contributed by atoms with Crippen LogP contribution >= 0.6 is 12.2 Å². The molecule has 0 N–H and O–H groups in total. The van der Waals surface area contributed by atoms with Crippen molar-refractivity contribution in [2.24, 2.45) is 4.99 Å². The molecule has 160 valence electrons. The van der Waals surface area contributed by atoms with Crippen molar-refractivity contribution in [3.05, 3.63) is 99.9 Å². The third kappa shape index (κ3) is 6.70. The Morgan fingerprint density at radius 3 is 1.82 bits per heavy atom. The number of hydrogen-bond acceptors (Lipinski definition) is 2. The highest BCUT2D eigenvalue weighted by Crippen LogP contribution is 2.23. The standard InChI is InChI=1S/C28H16F3NS/c1-2-3-4-5-22-13-15-24(25(29)16-22)14-12-21-8-6-20(7-9-21)10-11-23-17-26(30)28(32-19-33)27(31)18-23/h6-9,13,15-18H,2-3H2,1H3. The monoisotopic (exact) mass is 455 g/mol. The molecule has 0 saturated heterocycles. The van der Waals surface area contributed by atoms with Crippen LogP contribution in [0.1, 0.15) is 47.6 Å². The molecule has 3 aromatic carbocycles. The molecule has 0 spiro atoms. The Kier molecular flexibility index (Phi) is 8.24. The van der Waals surface area contributed by atoms with Gasteiger partial charge in [0.05, 0.1) is 10.7 Å². The van der Waals surface area contributed by atoms with E-state index in [0.29, 0.717) is 16.7 Å². The smallest absolute Gasteiger partial charge is 0.153 e. The SMILES string of the molecule is CCCC#Cc1ccc(C#Cc2ccc(C#Cc3cc(F)c(N=C=S)c(F)c3)cc2)c(F)c1. The number of rotatable bonds is 2. The van der Waals surface area contributed by atoms with E-state index in [1.165, 1.54) is 6.07 Å². The lowest BCUT2D eigenvalue weighted by Crippen LogP contribution is -1.87. The zero-order chi connectivity index (χ0) is 23.6. The molecule has 0 unspecified atom stereocenters. The van der Waals surface area contributed by atoms with E-state index in [-0.39, 0.29) is 11.1 Å². The number of halogens is 3. The summed E-state index contributed by atoms with van der Waals surface area (Å²) >= 11 is 4.38. The van der Waals surface area contributed by atoms with Gasteiger partial charge in [0.1, 0.15) is 11.5 Å². The van der Waals surface area contributed by atoms with Gasteiger partial charge in [-0.1, -0.05) is 42.4 Å². The normalized spacial score (nSPS) is 9.33. The van der Waals surface area contributed by atoms with Crippen molar-refractivity contribution in [3.63, 3.8) is 0 Å². The highest BCUT2D eigenvalue weighted by atomic mass is 32.1. The van der Waals surface area contributed by atoms with E-state index in [1.54, 1.807) is 36.4 Å². The van der Waals surface area contributed by atoms with Gasteiger partial charge in [0, 0.05) is 28.7 Å². The van der Waals surface area contributed by atoms with Crippen molar-refractivity contribution >= 4 is 23.1 Å². The fourth-order valence-corrected chi connectivity index (χ4v) is 2.79. The van der Waals surface area contributed by atoms with Gasteiger partial charge in [-0.3, -0.25) is 0 Å². The van der Waals surface area contributed by atoms with Crippen LogP contribution in [0, 0.1) is 53.0 Å². The minimum Gasteiger partial charge on any atom is -0.206 e. The molecule has 33 heavy (non-hydrogen) atoms. The first-order valence-electron chi connectivity index (χ1n) is 9.99. The molecule has 0 aromatic heterocycles. The first-order valence-corrected chi connectivity index (χ1v) is 10.4. The van der Waals surface area contributed by atoms with Crippen LogP contribution in [-0.4, -0.2) is 5.16 Å². The van der Waals surface area contributed by atoms with Crippen molar-refractivity contribution in [3.8, 4) is 35.5 Å². The van der Waals surface area contributed by atoms with Gasteiger partial charge in [-0.05, 0) is 73.2 Å². The minimum atomic E-state index is -0.865. The molecule has 0 radical (unpaired) electrons. The molecular weight excluding hydrogens is 439 g/mol. The van der Waals surface area contributed by atoms with Crippen molar-refractivity contribution in [1.29, 1.82) is 0 Å². The molecular formula is C28H16F3NS. The van der Waals surface area contributed by atoms with E-state index in [9.17, 15) is 13.2 Å². The van der Waals surface area contributed by atoms with Gasteiger partial charge in [-0.2, -0.15) is 4.99 Å². The fourth-order valence-electron chi connectivity index (χ4n) is 2.69. The summed E-state index contributed by atoms with van der Waals surface area (Å²) in [6, 6.07) is 13.8. The van der Waals surface area contributed by atoms with Crippen molar-refractivity contribution < 1.29 is 13.2 Å². The second-order valence-corrected chi connectivity index (χ2v) is 7.00. The molecule has 5 heteroatoms. The van der Waals surface area contributed by atoms with E-state index in [0.717, 1.165) is 25.0 Å². The molecule has 0 atom stereocenters. The molecule has 0 aliphatic heterocycles. The van der Waals surface area contributed by atoms with Crippen molar-refractivity contribution in [2.45, 2.75) is 19.8 Å². The summed E-state index contributed by atoms with van der Waals surface area (Å²) in [7, 11) is 0. The van der Waals surface area contributed by atoms with Gasteiger partial charge < -0.3 is 0 Å². The summed E-state index contributed by atoms with van der Waals surface area (Å²) in [5, 5.41) is 1.94. The summed E-state index contributed by atoms with van der Waals surface area (Å²) in [6.45, 7) is 2.04. The average Bonchev–Trinajstić information content (AvgIpc) is 2.80. The molecule has 0 saturated carbocycles. The summed E-state index contributed by atoms with van der Waals surface area (Å²) in [4.78, 5) is 3.36. The molecule has 0 aliphatic carbocycles. The third-order valence-corrected chi connectivity index (χ3v) is 4.42. The molecule has 0 bridgehead atoms. The van der Waals surface area contributed by atoms with Crippen LogP contribution in [0.3, 0.4) is 0 Å². The lowest BCUT2D eigenvalue weighted by molar-refractivity contribution is 0.587. The number of aliphatic imine (C=N–C) groups is 1. The second kappa shape index (κ2) is 11.5. The number of nitrogens with zero attached hydrogens (tertiary/aromatic N) is 1. The molecule has 0 amide bonds. The quantitative estimate of drug-likeness (QED) is 0.235. The molecule has 0 heterocycles. The number of thiocarbonyl (C=S) groups is 1. The third-order valence-electron chi connectivity index (χ3n) is 4.33. The maximum atomic E-state index is 14.3. The van der Waals surface area contributed by atoms with E-state index in [4.69, 9.17) is 0 Å². The highest BCUT2D eigenvalue weighted by molar-refractivity contribution is 7.78. The van der Waals surface area contributed by atoms with Gasteiger partial charge in [0.2, 0.25) is 0 Å². The molecule has 0 fully saturated rings. The first kappa shape index (κ1) is 23.6. The predicted molar refractivity (Wildman–Crippen MR) is 128 cm³/mol. The van der Waals surface area contributed by atoms with Crippen LogP contribution in [0.25, 0.3) is 0 Å². The molecule has 0 aliphatic rings. The van der Waals surface area contributed by atoms with E-state index in [1.807, 2.05) is 12.1 Å². The zero-order valence-corrected chi connectivity index (χ0v) is 18.4. The largest absolute Gasteiger partial charge is 0.206 e. The van der Waals surface area contributed by atoms with Crippen molar-refractivity contribution in [2.75, 3.05) is 0 Å². The zero-order valence-electron chi connectivity index (χ0n) is 17.6. The number of hydrogen-bond donors (Lipinski definition) is 0. The van der Waals surface area contributed by atoms with Crippen LogP contribution < -0.4 is 0 Å². The molecule has 3 rings (SSSR count). The Bertz CT molecular complexity index is 1390. The summed E-state index contributed by atoms with van der Waals surface area (Å²) in [5.74, 6) is 15.0. The van der Waals surface area contributed by atoms with Gasteiger partial charge in [-0.25, -0.2) is 13.2 Å². The lowest BCUT2D eigenvalue weighted by atomic mass is 10.1. The van der Waals surface area contributed by atoms with E-state index < -0.39 is 23.1 Å². The van der Waals surface area contributed by atoms with Gasteiger partial charge in [-0.15, -0.1) is 0 Å². The van der Waals surface area contributed by atoms with Gasteiger partial charge in [0.25, 0.3) is 0 Å². The van der Waals surface area contributed by atoms with Crippen molar-refractivity contribution in [1.82, 2.24) is 0 Å². The topological polar surface area (TPSA) is 12.4 Å². The van der Waals surface area contributed by atoms with Crippen LogP contribution in [0.4, 0.5) is 18.9 Å². The number of benzene rings is 3. The van der Waals surface area contributed by atoms with Crippen LogP contribution in [-0.2, 0) is 0 Å². The van der Waals surface area contributed by atoms with Gasteiger partial charge >= 0.3 is 0 Å². The number of isothiocyanates is 1. The molecule has 3 aromatic rings. The summed E-state index contributed by atoms with van der Waals surface area (Å²) in [5.41, 5.74) is 1.87. The van der Waals surface area contributed by atoms with Crippen LogP contribution in [0.15, 0.2) is 59.6 Å². The van der Waals surface area contributed by atoms with Crippen LogP contribution in [0.5, 0.6) is 0 Å². The van der Waals surface area contributed by atoms with E-state index >= 15 is 0 Å². The molecule has 1 nitrogen and oxygen atoms in total. The van der Waals surface area contributed by atoms with Gasteiger partial charge in [0.15, 0.2) is 11.6 Å². The fraction of sp³-hybridized carbons (Fsp3) is 0.107. The maximum absolute atomic E-state index is 14.3. The highest BCUT2D eigenvalue weighted by Gasteiger charge is 2.09. The Hall–Kier alpha value is -4.07. The Labute approximate surface area is 196 Å². The predicted octanol–water partition coefficient (Wildman–Crippen LogP) is 6.79. The Morgan fingerprint density at radius 1 is 0.697 bits per heavy atom.